The molecule has 0 N–H and O–H groups in total. The Morgan fingerprint density at radius 3 is 2.62 bits per heavy atom. The molecule has 1 spiro atoms. The molecule has 3 aromatic rings. The molecule has 0 bridgehead atoms. The van der Waals surface area contributed by atoms with E-state index in [1.54, 1.807) is 7.11 Å². The van der Waals surface area contributed by atoms with E-state index in [4.69, 9.17) is 14.6 Å². The average Bonchev–Trinajstić information content (AvgIpc) is 3.34. The van der Waals surface area contributed by atoms with Crippen LogP contribution in [0.4, 0.5) is 0 Å². The first-order valence-corrected chi connectivity index (χ1v) is 12.2. The molecule has 5 heteroatoms. The number of nitrogens with zero attached hydrogens (tertiary/aromatic N) is 3. The zero-order valence-corrected chi connectivity index (χ0v) is 19.9. The molecular weight excluding hydrogens is 422 g/mol. The van der Waals surface area contributed by atoms with Crippen molar-refractivity contribution in [2.24, 2.45) is 5.10 Å². The first-order valence-electron chi connectivity index (χ1n) is 12.2. The number of hydrogen-bond acceptors (Lipinski definition) is 5. The van der Waals surface area contributed by atoms with Gasteiger partial charge in [-0.15, -0.1) is 0 Å². The number of fused-ring (bicyclic) bond motifs is 4. The minimum Gasteiger partial charge on any atom is -0.497 e. The molecular formula is C29H31N3O2. The number of benzene rings is 3. The SMILES string of the molecule is COc1cccc(C2=NN3[C@H](C2)c2cc(C)ccc2OC32CCN(Cc3ccccc3)CC2)c1. The number of hydrazone groups is 1. The Labute approximate surface area is 201 Å². The summed E-state index contributed by atoms with van der Waals surface area (Å²) in [6, 6.07) is 25.8. The molecule has 3 heterocycles. The molecule has 0 aliphatic carbocycles. The predicted octanol–water partition coefficient (Wildman–Crippen LogP) is 5.54. The van der Waals surface area contributed by atoms with Crippen molar-refractivity contribution in [1.29, 1.82) is 0 Å². The van der Waals surface area contributed by atoms with E-state index >= 15 is 0 Å². The maximum Gasteiger partial charge on any atom is 0.200 e. The van der Waals surface area contributed by atoms with Crippen LogP contribution in [0.2, 0.25) is 0 Å². The first kappa shape index (κ1) is 21.2. The number of ether oxygens (including phenoxy) is 2. The van der Waals surface area contributed by atoms with E-state index in [0.717, 1.165) is 61.7 Å². The van der Waals surface area contributed by atoms with Crippen molar-refractivity contribution in [2.45, 2.75) is 44.5 Å². The normalized spacial score (nSPS) is 20.9. The predicted molar refractivity (Wildman–Crippen MR) is 134 cm³/mol. The maximum atomic E-state index is 6.82. The molecule has 174 valence electrons. The highest BCUT2D eigenvalue weighted by Gasteiger charge is 2.51. The number of likely N-dealkylation sites (tertiary alicyclic amines) is 1. The van der Waals surface area contributed by atoms with Gasteiger partial charge < -0.3 is 9.47 Å². The van der Waals surface area contributed by atoms with E-state index in [0.29, 0.717) is 0 Å². The summed E-state index contributed by atoms with van der Waals surface area (Å²) in [4.78, 5) is 2.53. The third kappa shape index (κ3) is 3.74. The third-order valence-electron chi connectivity index (χ3n) is 7.44. The number of rotatable bonds is 4. The van der Waals surface area contributed by atoms with Crippen molar-refractivity contribution < 1.29 is 9.47 Å². The van der Waals surface area contributed by atoms with Gasteiger partial charge in [-0.1, -0.05) is 60.2 Å². The zero-order valence-electron chi connectivity index (χ0n) is 19.9. The van der Waals surface area contributed by atoms with Gasteiger partial charge in [0.15, 0.2) is 0 Å². The highest BCUT2D eigenvalue weighted by Crippen LogP contribution is 2.50. The van der Waals surface area contributed by atoms with E-state index in [1.807, 2.05) is 12.1 Å². The Morgan fingerprint density at radius 2 is 1.82 bits per heavy atom. The summed E-state index contributed by atoms with van der Waals surface area (Å²) in [6.45, 7) is 5.11. The third-order valence-corrected chi connectivity index (χ3v) is 7.44. The second-order valence-electron chi connectivity index (χ2n) is 9.69. The van der Waals surface area contributed by atoms with Crippen LogP contribution in [0.1, 0.15) is 47.6 Å². The van der Waals surface area contributed by atoms with Gasteiger partial charge in [0.25, 0.3) is 0 Å². The monoisotopic (exact) mass is 453 g/mol. The number of hydrogen-bond donors (Lipinski definition) is 0. The molecule has 6 rings (SSSR count). The molecule has 0 saturated carbocycles. The molecule has 1 saturated heterocycles. The van der Waals surface area contributed by atoms with E-state index in [9.17, 15) is 0 Å². The van der Waals surface area contributed by atoms with Gasteiger partial charge in [0.2, 0.25) is 5.72 Å². The van der Waals surface area contributed by atoms with Gasteiger partial charge in [0, 0.05) is 50.0 Å². The molecule has 0 radical (unpaired) electrons. The molecule has 0 unspecified atom stereocenters. The lowest BCUT2D eigenvalue weighted by Crippen LogP contribution is -2.59. The standard InChI is InChI=1S/C29H31N3O2/c1-21-11-12-28-25(17-21)27-19-26(23-9-6-10-24(18-23)33-2)30-32(27)29(34-28)13-15-31(16-14-29)20-22-7-4-3-5-8-22/h3-12,17-18,27H,13-16,19-20H2,1-2H3/t27-/m1/s1. The van der Waals surface area contributed by atoms with Crippen molar-refractivity contribution in [2.75, 3.05) is 20.2 Å². The van der Waals surface area contributed by atoms with Crippen molar-refractivity contribution >= 4 is 5.71 Å². The zero-order chi connectivity index (χ0) is 23.1. The summed E-state index contributed by atoms with van der Waals surface area (Å²) in [5.74, 6) is 1.88. The molecule has 3 aliphatic rings. The average molecular weight is 454 g/mol. The van der Waals surface area contributed by atoms with E-state index in [-0.39, 0.29) is 6.04 Å². The van der Waals surface area contributed by atoms with Crippen molar-refractivity contribution in [1.82, 2.24) is 9.91 Å². The van der Waals surface area contributed by atoms with Gasteiger partial charge in [-0.25, -0.2) is 5.01 Å². The van der Waals surface area contributed by atoms with Gasteiger partial charge in [0.1, 0.15) is 11.5 Å². The van der Waals surface area contributed by atoms with Crippen LogP contribution >= 0.6 is 0 Å². The van der Waals surface area contributed by atoms with Crippen LogP contribution in [-0.2, 0) is 6.54 Å². The topological polar surface area (TPSA) is 37.3 Å². The van der Waals surface area contributed by atoms with E-state index < -0.39 is 5.72 Å². The molecule has 34 heavy (non-hydrogen) atoms. The largest absolute Gasteiger partial charge is 0.497 e. The lowest BCUT2D eigenvalue weighted by Gasteiger charge is -2.51. The van der Waals surface area contributed by atoms with Crippen molar-refractivity contribution in [3.63, 3.8) is 0 Å². The Morgan fingerprint density at radius 1 is 1.00 bits per heavy atom. The van der Waals surface area contributed by atoms with Crippen molar-refractivity contribution in [3.05, 3.63) is 95.1 Å². The molecule has 0 aromatic heterocycles. The second kappa shape index (κ2) is 8.48. The summed E-state index contributed by atoms with van der Waals surface area (Å²) < 4.78 is 12.3. The Bertz CT molecular complexity index is 1220. The van der Waals surface area contributed by atoms with Crippen LogP contribution in [-0.4, -0.2) is 41.5 Å². The summed E-state index contributed by atoms with van der Waals surface area (Å²) in [5.41, 5.74) is 5.69. The lowest BCUT2D eigenvalue weighted by molar-refractivity contribution is -0.150. The van der Waals surface area contributed by atoms with E-state index in [2.05, 4.69) is 77.5 Å². The quantitative estimate of drug-likeness (QED) is 0.520. The fourth-order valence-electron chi connectivity index (χ4n) is 5.61. The fraction of sp³-hybridized carbons (Fsp3) is 0.345. The van der Waals surface area contributed by atoms with Gasteiger partial charge in [-0.3, -0.25) is 4.90 Å². The Kier molecular flexibility index (Phi) is 5.30. The van der Waals surface area contributed by atoms with Crippen LogP contribution < -0.4 is 9.47 Å². The highest BCUT2D eigenvalue weighted by atomic mass is 16.5. The first-order chi connectivity index (χ1) is 16.6. The van der Waals surface area contributed by atoms with Gasteiger partial charge >= 0.3 is 0 Å². The fourth-order valence-corrected chi connectivity index (χ4v) is 5.61. The molecule has 0 amide bonds. The molecule has 5 nitrogen and oxygen atoms in total. The smallest absolute Gasteiger partial charge is 0.200 e. The molecule has 1 fully saturated rings. The second-order valence-corrected chi connectivity index (χ2v) is 9.69. The number of aryl methyl sites for hydroxylation is 1. The summed E-state index contributed by atoms with van der Waals surface area (Å²) in [5, 5.41) is 7.52. The summed E-state index contributed by atoms with van der Waals surface area (Å²) in [7, 11) is 1.71. The maximum absolute atomic E-state index is 6.82. The number of methoxy groups -OCH3 is 1. The molecule has 3 aromatic carbocycles. The van der Waals surface area contributed by atoms with Crippen LogP contribution in [0, 0.1) is 6.92 Å². The van der Waals surface area contributed by atoms with E-state index in [1.165, 1.54) is 16.7 Å². The van der Waals surface area contributed by atoms with Gasteiger partial charge in [-0.2, -0.15) is 5.10 Å². The number of piperidine rings is 1. The van der Waals surface area contributed by atoms with Crippen LogP contribution in [0.15, 0.2) is 77.9 Å². The minimum absolute atomic E-state index is 0.200. The van der Waals surface area contributed by atoms with Crippen molar-refractivity contribution in [3.8, 4) is 11.5 Å². The van der Waals surface area contributed by atoms with Gasteiger partial charge in [-0.05, 0) is 30.7 Å². The molecule has 3 aliphatic heterocycles. The Balaban J connectivity index is 1.31. The minimum atomic E-state index is -0.402. The van der Waals surface area contributed by atoms with Crippen LogP contribution in [0.25, 0.3) is 0 Å². The van der Waals surface area contributed by atoms with Crippen LogP contribution in [0.5, 0.6) is 11.5 Å². The van der Waals surface area contributed by atoms with Gasteiger partial charge in [0.05, 0.1) is 18.9 Å². The Hall–Kier alpha value is -3.31. The van der Waals surface area contributed by atoms with Crippen LogP contribution in [0.3, 0.4) is 0 Å². The highest BCUT2D eigenvalue weighted by molar-refractivity contribution is 6.02. The molecule has 1 atom stereocenters. The summed E-state index contributed by atoms with van der Waals surface area (Å²) >= 11 is 0. The lowest BCUT2D eigenvalue weighted by atomic mass is 9.90. The summed E-state index contributed by atoms with van der Waals surface area (Å²) in [6.07, 6.45) is 2.74.